The molecule has 2 aromatic heterocycles. The van der Waals surface area contributed by atoms with Crippen molar-refractivity contribution in [2.45, 2.75) is 26.4 Å². The average Bonchev–Trinajstić information content (AvgIpc) is 3.24. The predicted molar refractivity (Wildman–Crippen MR) is 94.2 cm³/mol. The van der Waals surface area contributed by atoms with Crippen molar-refractivity contribution in [3.63, 3.8) is 0 Å². The minimum absolute atomic E-state index is 0.241. The van der Waals surface area contributed by atoms with Crippen molar-refractivity contribution in [3.05, 3.63) is 53.4 Å². The van der Waals surface area contributed by atoms with Gasteiger partial charge in [0.1, 0.15) is 6.33 Å². The number of benzene rings is 1. The van der Waals surface area contributed by atoms with Gasteiger partial charge in [-0.3, -0.25) is 19.7 Å². The Hall–Kier alpha value is -3.07. The van der Waals surface area contributed by atoms with Gasteiger partial charge < -0.3 is 4.52 Å². The van der Waals surface area contributed by atoms with E-state index in [1.807, 2.05) is 26.1 Å². The van der Waals surface area contributed by atoms with Gasteiger partial charge in [-0.2, -0.15) is 4.98 Å². The Kier molecular flexibility index (Phi) is 5.37. The number of aromatic nitrogens is 5. The van der Waals surface area contributed by atoms with Crippen molar-refractivity contribution in [2.24, 2.45) is 7.05 Å². The molecule has 26 heavy (non-hydrogen) atoms. The van der Waals surface area contributed by atoms with Crippen LogP contribution in [0.4, 0.5) is 5.95 Å². The smallest absolute Gasteiger partial charge is 0.258 e. The Morgan fingerprint density at radius 2 is 2.04 bits per heavy atom. The van der Waals surface area contributed by atoms with E-state index in [2.05, 4.69) is 30.4 Å². The summed E-state index contributed by atoms with van der Waals surface area (Å²) in [6.07, 6.45) is 2.26. The first-order valence-electron chi connectivity index (χ1n) is 8.29. The molecule has 1 N–H and O–H groups in total. The molecule has 3 rings (SSSR count). The van der Waals surface area contributed by atoms with Crippen molar-refractivity contribution < 1.29 is 9.32 Å². The molecule has 0 spiro atoms. The van der Waals surface area contributed by atoms with Gasteiger partial charge in [0.05, 0.1) is 6.54 Å². The SMILES string of the molecule is CCc1nc(CN(C)Cc2ccc(C(=O)Nc3ncn(C)n3)cc2)no1. The van der Waals surface area contributed by atoms with E-state index in [1.165, 1.54) is 11.0 Å². The Bertz CT molecular complexity index is 869. The molecule has 0 radical (unpaired) electrons. The Labute approximate surface area is 151 Å². The maximum atomic E-state index is 12.2. The van der Waals surface area contributed by atoms with Crippen LogP contribution >= 0.6 is 0 Å². The summed E-state index contributed by atoms with van der Waals surface area (Å²) >= 11 is 0. The van der Waals surface area contributed by atoms with E-state index in [-0.39, 0.29) is 11.9 Å². The van der Waals surface area contributed by atoms with E-state index in [1.54, 1.807) is 19.2 Å². The largest absolute Gasteiger partial charge is 0.339 e. The number of carbonyl (C=O) groups excluding carboxylic acids is 1. The highest BCUT2D eigenvalue weighted by molar-refractivity contribution is 6.03. The van der Waals surface area contributed by atoms with Gasteiger partial charge in [0.2, 0.25) is 11.8 Å². The fraction of sp³-hybridized carbons (Fsp3) is 0.353. The monoisotopic (exact) mass is 355 g/mol. The van der Waals surface area contributed by atoms with Crippen LogP contribution in [0.2, 0.25) is 0 Å². The van der Waals surface area contributed by atoms with Gasteiger partial charge >= 0.3 is 0 Å². The fourth-order valence-electron chi connectivity index (χ4n) is 2.44. The highest BCUT2D eigenvalue weighted by Crippen LogP contribution is 2.10. The molecule has 136 valence electrons. The number of rotatable bonds is 7. The quantitative estimate of drug-likeness (QED) is 0.687. The maximum absolute atomic E-state index is 12.2. The summed E-state index contributed by atoms with van der Waals surface area (Å²) in [5.41, 5.74) is 1.63. The van der Waals surface area contributed by atoms with Crippen molar-refractivity contribution in [1.29, 1.82) is 0 Å². The number of aryl methyl sites for hydroxylation is 2. The normalized spacial score (nSPS) is 11.1. The molecule has 0 saturated heterocycles. The first-order valence-corrected chi connectivity index (χ1v) is 8.29. The lowest BCUT2D eigenvalue weighted by atomic mass is 10.1. The molecule has 0 bridgehead atoms. The van der Waals surface area contributed by atoms with Gasteiger partial charge in [-0.25, -0.2) is 4.98 Å². The highest BCUT2D eigenvalue weighted by atomic mass is 16.5. The molecule has 0 aliphatic heterocycles. The zero-order valence-corrected chi connectivity index (χ0v) is 15.0. The van der Waals surface area contributed by atoms with Crippen LogP contribution in [0.25, 0.3) is 0 Å². The molecule has 0 saturated carbocycles. The molecule has 1 amide bonds. The second kappa shape index (κ2) is 7.87. The number of nitrogens with one attached hydrogen (secondary N) is 1. The average molecular weight is 355 g/mol. The van der Waals surface area contributed by atoms with E-state index >= 15 is 0 Å². The number of anilines is 1. The molecule has 1 aromatic carbocycles. The van der Waals surface area contributed by atoms with Crippen LogP contribution in [0, 0.1) is 0 Å². The van der Waals surface area contributed by atoms with Crippen LogP contribution < -0.4 is 5.32 Å². The molecular weight excluding hydrogens is 334 g/mol. The second-order valence-corrected chi connectivity index (χ2v) is 6.02. The van der Waals surface area contributed by atoms with Crippen LogP contribution in [0.5, 0.6) is 0 Å². The third kappa shape index (κ3) is 4.51. The van der Waals surface area contributed by atoms with Crippen molar-refractivity contribution in [2.75, 3.05) is 12.4 Å². The second-order valence-electron chi connectivity index (χ2n) is 6.02. The van der Waals surface area contributed by atoms with Gasteiger partial charge in [-0.1, -0.05) is 24.2 Å². The summed E-state index contributed by atoms with van der Waals surface area (Å²) < 4.78 is 6.64. The van der Waals surface area contributed by atoms with Crippen molar-refractivity contribution in [3.8, 4) is 0 Å². The van der Waals surface area contributed by atoms with E-state index < -0.39 is 0 Å². The zero-order chi connectivity index (χ0) is 18.5. The molecule has 2 heterocycles. The Morgan fingerprint density at radius 3 is 2.65 bits per heavy atom. The number of nitrogens with zero attached hydrogens (tertiary/aromatic N) is 6. The van der Waals surface area contributed by atoms with Crippen LogP contribution in [-0.4, -0.2) is 42.8 Å². The first-order chi connectivity index (χ1) is 12.5. The summed E-state index contributed by atoms with van der Waals surface area (Å²) in [6, 6.07) is 7.41. The van der Waals surface area contributed by atoms with Crippen molar-refractivity contribution in [1.82, 2.24) is 29.8 Å². The van der Waals surface area contributed by atoms with E-state index in [4.69, 9.17) is 4.52 Å². The third-order valence-electron chi connectivity index (χ3n) is 3.72. The number of amides is 1. The summed E-state index contributed by atoms with van der Waals surface area (Å²) in [4.78, 5) is 22.6. The fourth-order valence-corrected chi connectivity index (χ4v) is 2.44. The van der Waals surface area contributed by atoms with Crippen LogP contribution in [0.15, 0.2) is 35.1 Å². The van der Waals surface area contributed by atoms with Crippen LogP contribution in [-0.2, 0) is 26.6 Å². The molecule has 9 nitrogen and oxygen atoms in total. The topological polar surface area (TPSA) is 102 Å². The first kappa shape index (κ1) is 17.7. The standard InChI is InChI=1S/C17H21N7O2/c1-4-15-19-14(22-26-15)10-23(2)9-12-5-7-13(8-6-12)16(25)20-17-18-11-24(3)21-17/h5-8,11H,4,9-10H2,1-3H3,(H,20,21,25). The lowest BCUT2D eigenvalue weighted by Gasteiger charge is -2.14. The number of carbonyl (C=O) groups is 1. The number of hydrogen-bond donors (Lipinski definition) is 1. The molecule has 9 heteroatoms. The minimum atomic E-state index is -0.241. The van der Waals surface area contributed by atoms with Crippen LogP contribution in [0.1, 0.15) is 34.6 Å². The third-order valence-corrected chi connectivity index (χ3v) is 3.72. The molecular formula is C17H21N7O2. The van der Waals surface area contributed by atoms with E-state index in [0.717, 1.165) is 12.0 Å². The summed E-state index contributed by atoms with van der Waals surface area (Å²) in [6.45, 7) is 3.28. The molecule has 3 aromatic rings. The van der Waals surface area contributed by atoms with Gasteiger partial charge in [-0.15, -0.1) is 5.10 Å². The predicted octanol–water partition coefficient (Wildman–Crippen LogP) is 1.64. The lowest BCUT2D eigenvalue weighted by molar-refractivity contribution is 0.102. The minimum Gasteiger partial charge on any atom is -0.339 e. The molecule has 0 atom stereocenters. The van der Waals surface area contributed by atoms with E-state index in [0.29, 0.717) is 30.4 Å². The van der Waals surface area contributed by atoms with Gasteiger partial charge in [0, 0.05) is 25.6 Å². The van der Waals surface area contributed by atoms with Crippen LogP contribution in [0.3, 0.4) is 0 Å². The lowest BCUT2D eigenvalue weighted by Crippen LogP contribution is -2.18. The summed E-state index contributed by atoms with van der Waals surface area (Å²) in [5, 5.41) is 10.6. The highest BCUT2D eigenvalue weighted by Gasteiger charge is 2.11. The Morgan fingerprint density at radius 1 is 1.27 bits per heavy atom. The van der Waals surface area contributed by atoms with Gasteiger partial charge in [-0.05, 0) is 24.7 Å². The molecule has 0 aliphatic rings. The Balaban J connectivity index is 1.55. The molecule has 0 fully saturated rings. The van der Waals surface area contributed by atoms with Crippen molar-refractivity contribution >= 4 is 11.9 Å². The van der Waals surface area contributed by atoms with Gasteiger partial charge in [0.15, 0.2) is 5.82 Å². The molecule has 0 aliphatic carbocycles. The number of hydrogen-bond acceptors (Lipinski definition) is 7. The molecule has 0 unspecified atom stereocenters. The zero-order valence-electron chi connectivity index (χ0n) is 15.0. The van der Waals surface area contributed by atoms with Gasteiger partial charge in [0.25, 0.3) is 5.91 Å². The summed E-state index contributed by atoms with van der Waals surface area (Å²) in [7, 11) is 3.72. The van der Waals surface area contributed by atoms with E-state index in [9.17, 15) is 4.79 Å². The summed E-state index contributed by atoms with van der Waals surface area (Å²) in [5.74, 6) is 1.36. The maximum Gasteiger partial charge on any atom is 0.258 e.